The van der Waals surface area contributed by atoms with E-state index in [0.717, 1.165) is 44.2 Å². The summed E-state index contributed by atoms with van der Waals surface area (Å²) >= 11 is 0. The number of fused-ring (bicyclic) bond motifs is 1. The number of aromatic nitrogens is 2. The number of hydrogen-bond acceptors (Lipinski definition) is 5. The van der Waals surface area contributed by atoms with Gasteiger partial charge in [0.1, 0.15) is 5.65 Å². The number of carbonyl (C=O) groups excluding carboxylic acids is 1. The standard InChI is InChI=1S/C15H19N3O3/c1-2-21-15(19)12-3-4-14-16-9-13(18(14)10-12)11-17-5-7-20-8-6-17/h3-4,9-10H,2,5-8,11H2,1H3. The molecule has 112 valence electrons. The molecule has 1 aliphatic rings. The monoisotopic (exact) mass is 289 g/mol. The summed E-state index contributed by atoms with van der Waals surface area (Å²) in [5.41, 5.74) is 2.45. The van der Waals surface area contributed by atoms with Crippen LogP contribution in [0.3, 0.4) is 0 Å². The van der Waals surface area contributed by atoms with Crippen molar-refractivity contribution in [1.82, 2.24) is 14.3 Å². The van der Waals surface area contributed by atoms with Crippen molar-refractivity contribution in [2.75, 3.05) is 32.9 Å². The van der Waals surface area contributed by atoms with E-state index in [0.29, 0.717) is 12.2 Å². The molecule has 1 fully saturated rings. The third kappa shape index (κ3) is 3.06. The lowest BCUT2D eigenvalue weighted by atomic mass is 10.3. The Kier molecular flexibility index (Phi) is 4.17. The van der Waals surface area contributed by atoms with Crippen molar-refractivity contribution in [2.45, 2.75) is 13.5 Å². The second kappa shape index (κ2) is 6.24. The van der Waals surface area contributed by atoms with Crippen LogP contribution in [0.4, 0.5) is 0 Å². The molecule has 1 aliphatic heterocycles. The summed E-state index contributed by atoms with van der Waals surface area (Å²) in [5.74, 6) is -0.301. The number of morpholine rings is 1. The van der Waals surface area contributed by atoms with Crippen LogP contribution in [0.2, 0.25) is 0 Å². The van der Waals surface area contributed by atoms with E-state index in [4.69, 9.17) is 9.47 Å². The normalized spacial score (nSPS) is 16.2. The van der Waals surface area contributed by atoms with Crippen LogP contribution in [0.5, 0.6) is 0 Å². The molecule has 0 amide bonds. The Labute approximate surface area is 123 Å². The molecule has 1 saturated heterocycles. The minimum absolute atomic E-state index is 0.301. The average molecular weight is 289 g/mol. The van der Waals surface area contributed by atoms with Gasteiger partial charge in [0.05, 0.1) is 37.3 Å². The van der Waals surface area contributed by atoms with Crippen LogP contribution in [0.1, 0.15) is 23.0 Å². The van der Waals surface area contributed by atoms with Crippen molar-refractivity contribution in [2.24, 2.45) is 0 Å². The van der Waals surface area contributed by atoms with Crippen LogP contribution < -0.4 is 0 Å². The van der Waals surface area contributed by atoms with E-state index in [-0.39, 0.29) is 5.97 Å². The molecule has 6 nitrogen and oxygen atoms in total. The molecule has 2 aromatic heterocycles. The smallest absolute Gasteiger partial charge is 0.339 e. The lowest BCUT2D eigenvalue weighted by molar-refractivity contribution is 0.0335. The number of imidazole rings is 1. The van der Waals surface area contributed by atoms with E-state index < -0.39 is 0 Å². The Hall–Kier alpha value is -1.92. The van der Waals surface area contributed by atoms with Gasteiger partial charge < -0.3 is 13.9 Å². The number of nitrogens with zero attached hydrogens (tertiary/aromatic N) is 3. The van der Waals surface area contributed by atoms with Crippen LogP contribution in [-0.4, -0.2) is 53.2 Å². The number of pyridine rings is 1. The Morgan fingerprint density at radius 1 is 1.38 bits per heavy atom. The van der Waals surface area contributed by atoms with Gasteiger partial charge in [0, 0.05) is 25.8 Å². The minimum atomic E-state index is -0.301. The van der Waals surface area contributed by atoms with Gasteiger partial charge in [-0.25, -0.2) is 9.78 Å². The Morgan fingerprint density at radius 2 is 2.19 bits per heavy atom. The van der Waals surface area contributed by atoms with Crippen molar-refractivity contribution in [3.8, 4) is 0 Å². The second-order valence-corrected chi connectivity index (χ2v) is 5.00. The molecule has 6 heteroatoms. The SMILES string of the molecule is CCOC(=O)c1ccc2ncc(CN3CCOCC3)n2c1. The molecule has 0 radical (unpaired) electrons. The first-order valence-electron chi connectivity index (χ1n) is 7.21. The van der Waals surface area contributed by atoms with E-state index in [2.05, 4.69) is 9.88 Å². The maximum atomic E-state index is 11.8. The molecule has 2 aromatic rings. The lowest BCUT2D eigenvalue weighted by Gasteiger charge is -2.26. The predicted molar refractivity (Wildman–Crippen MR) is 77.2 cm³/mol. The molecule has 0 spiro atoms. The molecule has 0 atom stereocenters. The van der Waals surface area contributed by atoms with Crippen LogP contribution in [0, 0.1) is 0 Å². The van der Waals surface area contributed by atoms with Crippen molar-refractivity contribution in [3.63, 3.8) is 0 Å². The van der Waals surface area contributed by atoms with Crippen molar-refractivity contribution in [1.29, 1.82) is 0 Å². The van der Waals surface area contributed by atoms with Gasteiger partial charge in [-0.1, -0.05) is 0 Å². The molecule has 0 N–H and O–H groups in total. The topological polar surface area (TPSA) is 56.1 Å². The maximum Gasteiger partial charge on any atom is 0.339 e. The highest BCUT2D eigenvalue weighted by atomic mass is 16.5. The Balaban J connectivity index is 1.84. The van der Waals surface area contributed by atoms with E-state index in [1.54, 1.807) is 19.2 Å². The van der Waals surface area contributed by atoms with Gasteiger partial charge in [-0.3, -0.25) is 4.90 Å². The van der Waals surface area contributed by atoms with Gasteiger partial charge in [0.2, 0.25) is 0 Å². The first kappa shape index (κ1) is 14.0. The van der Waals surface area contributed by atoms with Crippen molar-refractivity contribution < 1.29 is 14.3 Å². The van der Waals surface area contributed by atoms with Gasteiger partial charge in [0.25, 0.3) is 0 Å². The van der Waals surface area contributed by atoms with E-state index in [9.17, 15) is 4.79 Å². The molecular formula is C15H19N3O3. The van der Waals surface area contributed by atoms with Gasteiger partial charge in [0.15, 0.2) is 0 Å². The zero-order chi connectivity index (χ0) is 14.7. The van der Waals surface area contributed by atoms with E-state index >= 15 is 0 Å². The largest absolute Gasteiger partial charge is 0.462 e. The third-order valence-electron chi connectivity index (χ3n) is 3.58. The highest BCUT2D eigenvalue weighted by Gasteiger charge is 2.14. The molecule has 0 bridgehead atoms. The molecular weight excluding hydrogens is 270 g/mol. The first-order chi connectivity index (χ1) is 10.3. The van der Waals surface area contributed by atoms with Gasteiger partial charge >= 0.3 is 5.97 Å². The molecule has 0 unspecified atom stereocenters. The predicted octanol–water partition coefficient (Wildman–Crippen LogP) is 1.34. The minimum Gasteiger partial charge on any atom is -0.462 e. The van der Waals surface area contributed by atoms with E-state index in [1.807, 2.05) is 16.7 Å². The summed E-state index contributed by atoms with van der Waals surface area (Å²) in [7, 11) is 0. The van der Waals surface area contributed by atoms with E-state index in [1.165, 1.54) is 0 Å². The fraction of sp³-hybridized carbons (Fsp3) is 0.467. The van der Waals surface area contributed by atoms with Crippen LogP contribution in [0.25, 0.3) is 5.65 Å². The summed E-state index contributed by atoms with van der Waals surface area (Å²) in [5, 5.41) is 0. The average Bonchev–Trinajstić information content (AvgIpc) is 2.91. The molecule has 0 aromatic carbocycles. The Bertz CT molecular complexity index is 632. The quantitative estimate of drug-likeness (QED) is 0.795. The van der Waals surface area contributed by atoms with Crippen molar-refractivity contribution >= 4 is 11.6 Å². The Morgan fingerprint density at radius 3 is 2.95 bits per heavy atom. The molecule has 3 rings (SSSR count). The van der Waals surface area contributed by atoms with Gasteiger partial charge in [-0.15, -0.1) is 0 Å². The van der Waals surface area contributed by atoms with Crippen LogP contribution in [0.15, 0.2) is 24.5 Å². The zero-order valence-electron chi connectivity index (χ0n) is 12.1. The molecule has 3 heterocycles. The maximum absolute atomic E-state index is 11.8. The number of rotatable bonds is 4. The summed E-state index contributed by atoms with van der Waals surface area (Å²) in [6.07, 6.45) is 3.66. The van der Waals surface area contributed by atoms with Gasteiger partial charge in [-0.05, 0) is 19.1 Å². The van der Waals surface area contributed by atoms with Crippen LogP contribution in [-0.2, 0) is 16.0 Å². The summed E-state index contributed by atoms with van der Waals surface area (Å²) in [6.45, 7) is 6.36. The number of esters is 1. The fourth-order valence-corrected chi connectivity index (χ4v) is 2.47. The summed E-state index contributed by atoms with van der Waals surface area (Å²) in [6, 6.07) is 3.59. The van der Waals surface area contributed by atoms with Crippen LogP contribution >= 0.6 is 0 Å². The number of ether oxygens (including phenoxy) is 2. The second-order valence-electron chi connectivity index (χ2n) is 5.00. The number of carbonyl (C=O) groups is 1. The molecule has 0 saturated carbocycles. The first-order valence-corrected chi connectivity index (χ1v) is 7.21. The fourth-order valence-electron chi connectivity index (χ4n) is 2.47. The molecule has 0 aliphatic carbocycles. The zero-order valence-corrected chi connectivity index (χ0v) is 12.1. The van der Waals surface area contributed by atoms with Gasteiger partial charge in [-0.2, -0.15) is 0 Å². The highest BCUT2D eigenvalue weighted by Crippen LogP contribution is 2.13. The lowest BCUT2D eigenvalue weighted by Crippen LogP contribution is -2.35. The van der Waals surface area contributed by atoms with Crippen molar-refractivity contribution in [3.05, 3.63) is 35.8 Å². The molecule has 21 heavy (non-hydrogen) atoms. The highest BCUT2D eigenvalue weighted by molar-refractivity contribution is 5.89. The summed E-state index contributed by atoms with van der Waals surface area (Å²) < 4.78 is 12.4. The summed E-state index contributed by atoms with van der Waals surface area (Å²) in [4.78, 5) is 18.5. The number of hydrogen-bond donors (Lipinski definition) is 0. The third-order valence-corrected chi connectivity index (χ3v) is 3.58.